The van der Waals surface area contributed by atoms with Crippen LogP contribution >= 0.6 is 0 Å². The van der Waals surface area contributed by atoms with Crippen LogP contribution in [-0.2, 0) is 12.0 Å². The molecule has 1 fully saturated rings. The third-order valence-corrected chi connectivity index (χ3v) is 4.84. The number of ether oxygens (including phenoxy) is 1. The molecule has 0 unspecified atom stereocenters. The number of benzene rings is 2. The van der Waals surface area contributed by atoms with Crippen LogP contribution in [-0.4, -0.2) is 31.8 Å². The lowest BCUT2D eigenvalue weighted by Crippen LogP contribution is -2.40. The second-order valence-electron chi connectivity index (χ2n) is 6.56. The van der Waals surface area contributed by atoms with Gasteiger partial charge in [0.05, 0.1) is 7.11 Å². The van der Waals surface area contributed by atoms with Gasteiger partial charge in [-0.25, -0.2) is 4.39 Å². The van der Waals surface area contributed by atoms with Crippen LogP contribution in [0.5, 0.6) is 11.5 Å². The van der Waals surface area contributed by atoms with E-state index >= 15 is 0 Å². The largest absolute Gasteiger partial charge is 0.508 e. The second kappa shape index (κ2) is 7.64. The Morgan fingerprint density at radius 3 is 2.69 bits per heavy atom. The number of nitrogens with zero attached hydrogens (tertiary/aromatic N) is 1. The summed E-state index contributed by atoms with van der Waals surface area (Å²) in [6, 6.07) is 11.9. The van der Waals surface area contributed by atoms with Crippen molar-refractivity contribution in [2.24, 2.45) is 4.99 Å². The summed E-state index contributed by atoms with van der Waals surface area (Å²) in [6.07, 6.45) is 2.05. The van der Waals surface area contributed by atoms with E-state index in [0.29, 0.717) is 24.8 Å². The maximum atomic E-state index is 13.5. The molecule has 5 nitrogen and oxygen atoms in total. The predicted molar refractivity (Wildman–Crippen MR) is 100 cm³/mol. The number of rotatable bonds is 6. The summed E-state index contributed by atoms with van der Waals surface area (Å²) in [7, 11) is 3.29. The number of hydrogen-bond donors (Lipinski definition) is 3. The molecule has 0 aromatic heterocycles. The zero-order valence-corrected chi connectivity index (χ0v) is 15.1. The minimum atomic E-state index is -0.204. The smallest absolute Gasteiger partial charge is 0.191 e. The summed E-state index contributed by atoms with van der Waals surface area (Å²) in [4.78, 5) is 4.22. The minimum Gasteiger partial charge on any atom is -0.508 e. The van der Waals surface area contributed by atoms with E-state index in [1.165, 1.54) is 6.07 Å². The van der Waals surface area contributed by atoms with E-state index in [2.05, 4.69) is 15.6 Å². The van der Waals surface area contributed by atoms with Crippen LogP contribution in [0.3, 0.4) is 0 Å². The Bertz CT molecular complexity index is 803. The van der Waals surface area contributed by atoms with Crippen LogP contribution in [0.25, 0.3) is 0 Å². The molecule has 0 saturated heterocycles. The summed E-state index contributed by atoms with van der Waals surface area (Å²) in [6.45, 7) is 1.09. The van der Waals surface area contributed by atoms with Crippen molar-refractivity contribution in [1.29, 1.82) is 0 Å². The lowest BCUT2D eigenvalue weighted by molar-refractivity contribution is 0.410. The SMILES string of the molecule is CN=C(NCc1cc(OC)ccc1O)NCC1(c2cccc(F)c2)CC1. The highest BCUT2D eigenvalue weighted by Crippen LogP contribution is 2.47. The van der Waals surface area contributed by atoms with Crippen molar-refractivity contribution in [3.63, 3.8) is 0 Å². The molecule has 1 aliphatic carbocycles. The molecule has 1 saturated carbocycles. The van der Waals surface area contributed by atoms with Gasteiger partial charge in [0, 0.05) is 31.1 Å². The van der Waals surface area contributed by atoms with E-state index in [9.17, 15) is 9.50 Å². The van der Waals surface area contributed by atoms with Crippen LogP contribution in [0.4, 0.5) is 4.39 Å². The highest BCUT2D eigenvalue weighted by atomic mass is 19.1. The van der Waals surface area contributed by atoms with Gasteiger partial charge in [-0.1, -0.05) is 12.1 Å². The summed E-state index contributed by atoms with van der Waals surface area (Å²) in [5.41, 5.74) is 1.71. The molecule has 0 radical (unpaired) electrons. The van der Waals surface area contributed by atoms with Gasteiger partial charge in [-0.2, -0.15) is 0 Å². The lowest BCUT2D eigenvalue weighted by Gasteiger charge is -2.19. The third-order valence-electron chi connectivity index (χ3n) is 4.84. The van der Waals surface area contributed by atoms with Gasteiger partial charge in [0.1, 0.15) is 17.3 Å². The molecule has 0 atom stereocenters. The van der Waals surface area contributed by atoms with Crippen molar-refractivity contribution >= 4 is 5.96 Å². The Kier molecular flexibility index (Phi) is 5.30. The van der Waals surface area contributed by atoms with Crippen LogP contribution < -0.4 is 15.4 Å². The van der Waals surface area contributed by atoms with Gasteiger partial charge in [0.15, 0.2) is 5.96 Å². The van der Waals surface area contributed by atoms with E-state index in [1.807, 2.05) is 6.07 Å². The molecule has 0 amide bonds. The molecule has 1 aliphatic rings. The number of halogens is 1. The number of guanidine groups is 1. The van der Waals surface area contributed by atoms with Crippen LogP contribution in [0.1, 0.15) is 24.0 Å². The monoisotopic (exact) mass is 357 g/mol. The Morgan fingerprint density at radius 1 is 1.23 bits per heavy atom. The Labute approximate surface area is 152 Å². The molecule has 0 bridgehead atoms. The number of aliphatic imine (C=N–C) groups is 1. The fraction of sp³-hybridized carbons (Fsp3) is 0.350. The Hall–Kier alpha value is -2.76. The highest BCUT2D eigenvalue weighted by Gasteiger charge is 2.44. The van der Waals surface area contributed by atoms with E-state index in [4.69, 9.17) is 4.74 Å². The van der Waals surface area contributed by atoms with Gasteiger partial charge in [0.25, 0.3) is 0 Å². The molecule has 3 rings (SSSR count). The molecular formula is C20H24FN3O2. The molecule has 138 valence electrons. The first-order chi connectivity index (χ1) is 12.6. The quantitative estimate of drug-likeness (QED) is 0.549. The average Bonchev–Trinajstić information content (AvgIpc) is 3.44. The van der Waals surface area contributed by atoms with Gasteiger partial charge in [-0.05, 0) is 48.7 Å². The maximum absolute atomic E-state index is 13.5. The van der Waals surface area contributed by atoms with E-state index in [-0.39, 0.29) is 17.0 Å². The molecule has 0 spiro atoms. The first-order valence-corrected chi connectivity index (χ1v) is 8.63. The zero-order valence-electron chi connectivity index (χ0n) is 15.1. The molecule has 2 aromatic rings. The number of nitrogens with one attached hydrogen (secondary N) is 2. The molecule has 0 heterocycles. The zero-order chi connectivity index (χ0) is 18.6. The standard InChI is InChI=1S/C20H24FN3O2/c1-22-19(23-12-14-10-17(26-2)6-7-18(14)25)24-13-20(8-9-20)15-4-3-5-16(21)11-15/h3-7,10-11,25H,8-9,12-13H2,1-2H3,(H2,22,23,24). The fourth-order valence-electron chi connectivity index (χ4n) is 3.02. The Balaban J connectivity index is 1.59. The van der Waals surface area contributed by atoms with Crippen molar-refractivity contribution in [3.8, 4) is 11.5 Å². The molecule has 6 heteroatoms. The number of methoxy groups -OCH3 is 1. The third kappa shape index (κ3) is 4.07. The minimum absolute atomic E-state index is 0.0299. The summed E-state index contributed by atoms with van der Waals surface area (Å²) < 4.78 is 18.7. The number of hydrogen-bond acceptors (Lipinski definition) is 3. The molecule has 2 aromatic carbocycles. The van der Waals surface area contributed by atoms with Gasteiger partial charge in [-0.15, -0.1) is 0 Å². The van der Waals surface area contributed by atoms with E-state index in [1.54, 1.807) is 44.5 Å². The topological polar surface area (TPSA) is 65.9 Å². The summed E-state index contributed by atoms with van der Waals surface area (Å²) >= 11 is 0. The molecule has 3 N–H and O–H groups in total. The number of phenolic OH excluding ortho intramolecular Hbond substituents is 1. The Morgan fingerprint density at radius 2 is 2.04 bits per heavy atom. The normalized spacial score (nSPS) is 15.4. The van der Waals surface area contributed by atoms with E-state index in [0.717, 1.165) is 24.0 Å². The van der Waals surface area contributed by atoms with Gasteiger partial charge >= 0.3 is 0 Å². The highest BCUT2D eigenvalue weighted by molar-refractivity contribution is 5.80. The van der Waals surface area contributed by atoms with Gasteiger partial charge in [-0.3, -0.25) is 4.99 Å². The molecule has 0 aliphatic heterocycles. The van der Waals surface area contributed by atoms with Crippen molar-refractivity contribution in [1.82, 2.24) is 10.6 Å². The van der Waals surface area contributed by atoms with Gasteiger partial charge < -0.3 is 20.5 Å². The van der Waals surface area contributed by atoms with Crippen molar-refractivity contribution in [2.45, 2.75) is 24.8 Å². The molecular weight excluding hydrogens is 333 g/mol. The average molecular weight is 357 g/mol. The second-order valence-corrected chi connectivity index (χ2v) is 6.56. The van der Waals surface area contributed by atoms with Crippen LogP contribution in [0.2, 0.25) is 0 Å². The van der Waals surface area contributed by atoms with Crippen LogP contribution in [0, 0.1) is 5.82 Å². The van der Waals surface area contributed by atoms with Gasteiger partial charge in [0.2, 0.25) is 0 Å². The fourth-order valence-corrected chi connectivity index (χ4v) is 3.02. The van der Waals surface area contributed by atoms with Crippen molar-refractivity contribution < 1.29 is 14.2 Å². The van der Waals surface area contributed by atoms with Crippen LogP contribution in [0.15, 0.2) is 47.5 Å². The molecule has 26 heavy (non-hydrogen) atoms. The van der Waals surface area contributed by atoms with Crippen molar-refractivity contribution in [2.75, 3.05) is 20.7 Å². The lowest BCUT2D eigenvalue weighted by atomic mass is 9.96. The maximum Gasteiger partial charge on any atom is 0.191 e. The van der Waals surface area contributed by atoms with Crippen molar-refractivity contribution in [3.05, 3.63) is 59.4 Å². The number of phenols is 1. The summed E-state index contributed by atoms with van der Waals surface area (Å²) in [5.74, 6) is 1.32. The predicted octanol–water partition coefficient (Wildman–Crippen LogP) is 2.94. The number of aromatic hydroxyl groups is 1. The summed E-state index contributed by atoms with van der Waals surface area (Å²) in [5, 5.41) is 16.5. The first kappa shape index (κ1) is 18.0. The van der Waals surface area contributed by atoms with E-state index < -0.39 is 0 Å². The first-order valence-electron chi connectivity index (χ1n) is 8.63.